The van der Waals surface area contributed by atoms with Gasteiger partial charge in [0, 0.05) is 25.2 Å². The van der Waals surface area contributed by atoms with Crippen molar-refractivity contribution in [2.45, 2.75) is 72.4 Å². The lowest BCUT2D eigenvalue weighted by molar-refractivity contribution is 0.00661. The fourth-order valence-electron chi connectivity index (χ4n) is 1.99. The van der Waals surface area contributed by atoms with E-state index in [0.29, 0.717) is 12.0 Å². The Kier molecular flexibility index (Phi) is 5.12. The van der Waals surface area contributed by atoms with E-state index in [1.165, 1.54) is 12.8 Å². The number of nitrogens with one attached hydrogen (secondary N) is 1. The lowest BCUT2D eigenvalue weighted by Gasteiger charge is -2.37. The van der Waals surface area contributed by atoms with Gasteiger partial charge in [0.1, 0.15) is 5.60 Å². The van der Waals surface area contributed by atoms with Crippen molar-refractivity contribution in [2.75, 3.05) is 19.6 Å². The van der Waals surface area contributed by atoms with Gasteiger partial charge in [-0.2, -0.15) is 0 Å². The maximum atomic E-state index is 12.3. The molecule has 0 unspecified atom stereocenters. The number of amides is 1. The third-order valence-electron chi connectivity index (χ3n) is 3.59. The highest BCUT2D eigenvalue weighted by molar-refractivity contribution is 5.69. The largest absolute Gasteiger partial charge is 0.444 e. The summed E-state index contributed by atoms with van der Waals surface area (Å²) in [4.78, 5) is 14.1. The van der Waals surface area contributed by atoms with Gasteiger partial charge in [-0.05, 0) is 59.8 Å². The molecular weight excluding hydrogens is 252 g/mol. The first-order chi connectivity index (χ1) is 8.93. The Bertz CT molecular complexity index is 335. The first-order valence-electron chi connectivity index (χ1n) is 7.64. The minimum Gasteiger partial charge on any atom is -0.444 e. The molecule has 0 aromatic carbocycles. The van der Waals surface area contributed by atoms with Crippen LogP contribution in [-0.4, -0.2) is 41.8 Å². The van der Waals surface area contributed by atoms with Gasteiger partial charge in [0.05, 0.1) is 0 Å². The Hall–Kier alpha value is -0.770. The summed E-state index contributed by atoms with van der Waals surface area (Å²) < 4.78 is 5.50. The highest BCUT2D eigenvalue weighted by Crippen LogP contribution is 2.43. The molecule has 0 atom stereocenters. The molecule has 1 fully saturated rings. The molecule has 0 spiro atoms. The van der Waals surface area contributed by atoms with Crippen LogP contribution < -0.4 is 5.32 Å². The Morgan fingerprint density at radius 2 is 1.75 bits per heavy atom. The van der Waals surface area contributed by atoms with Crippen LogP contribution in [0.4, 0.5) is 4.79 Å². The Labute approximate surface area is 124 Å². The highest BCUT2D eigenvalue weighted by atomic mass is 16.6. The van der Waals surface area contributed by atoms with Crippen molar-refractivity contribution in [1.82, 2.24) is 10.2 Å². The first kappa shape index (κ1) is 17.3. The van der Waals surface area contributed by atoms with Gasteiger partial charge < -0.3 is 15.0 Å². The van der Waals surface area contributed by atoms with Crippen LogP contribution in [0.5, 0.6) is 0 Å². The van der Waals surface area contributed by atoms with Crippen LogP contribution in [-0.2, 0) is 4.74 Å². The number of hydrogen-bond donors (Lipinski definition) is 1. The zero-order valence-electron chi connectivity index (χ0n) is 14.3. The Morgan fingerprint density at radius 1 is 1.20 bits per heavy atom. The summed E-state index contributed by atoms with van der Waals surface area (Å²) in [5, 5.41) is 3.46. The van der Waals surface area contributed by atoms with Crippen LogP contribution in [0, 0.1) is 5.41 Å². The second-order valence-corrected chi connectivity index (χ2v) is 8.29. The van der Waals surface area contributed by atoms with Gasteiger partial charge in [-0.1, -0.05) is 6.92 Å². The molecule has 1 rings (SSSR count). The van der Waals surface area contributed by atoms with E-state index in [2.05, 4.69) is 12.2 Å². The quantitative estimate of drug-likeness (QED) is 0.787. The highest BCUT2D eigenvalue weighted by Gasteiger charge is 2.36. The molecular formula is C16H32N2O2. The van der Waals surface area contributed by atoms with Crippen molar-refractivity contribution < 1.29 is 9.53 Å². The normalized spacial score (nSPS) is 17.8. The van der Waals surface area contributed by atoms with Crippen molar-refractivity contribution >= 4 is 6.09 Å². The third-order valence-corrected chi connectivity index (χ3v) is 3.59. The first-order valence-corrected chi connectivity index (χ1v) is 7.64. The van der Waals surface area contributed by atoms with E-state index in [9.17, 15) is 4.79 Å². The topological polar surface area (TPSA) is 41.6 Å². The van der Waals surface area contributed by atoms with Gasteiger partial charge in [-0.25, -0.2) is 4.79 Å². The third kappa shape index (κ3) is 6.12. The molecule has 0 aromatic rings. The van der Waals surface area contributed by atoms with E-state index >= 15 is 0 Å². The molecule has 0 aliphatic heterocycles. The van der Waals surface area contributed by atoms with Gasteiger partial charge in [-0.3, -0.25) is 0 Å². The fraction of sp³-hybridized carbons (Fsp3) is 0.938. The molecule has 4 nitrogen and oxygen atoms in total. The number of nitrogens with zero attached hydrogens (tertiary/aromatic N) is 1. The van der Waals surface area contributed by atoms with E-state index < -0.39 is 5.60 Å². The summed E-state index contributed by atoms with van der Waals surface area (Å²) in [7, 11) is 0. The molecule has 0 aromatic heterocycles. The minimum absolute atomic E-state index is 0.229. The van der Waals surface area contributed by atoms with Crippen LogP contribution in [0.1, 0.15) is 61.3 Å². The summed E-state index contributed by atoms with van der Waals surface area (Å²) in [5.41, 5.74) is -0.179. The van der Waals surface area contributed by atoms with Crippen LogP contribution in [0.15, 0.2) is 0 Å². The van der Waals surface area contributed by atoms with Crippen molar-refractivity contribution in [3.63, 3.8) is 0 Å². The summed E-state index contributed by atoms with van der Waals surface area (Å²) in [6.07, 6.45) is 2.40. The molecule has 1 aliphatic carbocycles. The minimum atomic E-state index is -0.449. The van der Waals surface area contributed by atoms with E-state index in [-0.39, 0.29) is 11.6 Å². The lowest BCUT2D eigenvalue weighted by atomic mass is 10.1. The van der Waals surface area contributed by atoms with E-state index in [1.54, 1.807) is 4.90 Å². The second-order valence-electron chi connectivity index (χ2n) is 8.29. The molecule has 118 valence electrons. The maximum absolute atomic E-state index is 12.3. The van der Waals surface area contributed by atoms with Gasteiger partial charge in [0.2, 0.25) is 0 Å². The van der Waals surface area contributed by atoms with Crippen molar-refractivity contribution in [1.29, 1.82) is 0 Å². The molecule has 0 saturated heterocycles. The lowest BCUT2D eigenvalue weighted by Crippen LogP contribution is -2.50. The summed E-state index contributed by atoms with van der Waals surface area (Å²) in [5.74, 6) is 0. The Morgan fingerprint density at radius 3 is 2.15 bits per heavy atom. The summed E-state index contributed by atoms with van der Waals surface area (Å²) in [6, 6.07) is 0. The van der Waals surface area contributed by atoms with Crippen molar-refractivity contribution in [2.24, 2.45) is 5.41 Å². The van der Waals surface area contributed by atoms with E-state index in [1.807, 2.05) is 41.5 Å². The van der Waals surface area contributed by atoms with Crippen LogP contribution in [0.25, 0.3) is 0 Å². The van der Waals surface area contributed by atoms with Crippen molar-refractivity contribution in [3.05, 3.63) is 0 Å². The fourth-order valence-corrected chi connectivity index (χ4v) is 1.99. The molecule has 0 radical (unpaired) electrons. The van der Waals surface area contributed by atoms with Crippen LogP contribution >= 0.6 is 0 Å². The van der Waals surface area contributed by atoms with Gasteiger partial charge in [0.25, 0.3) is 0 Å². The summed E-state index contributed by atoms with van der Waals surface area (Å²) >= 11 is 0. The van der Waals surface area contributed by atoms with Gasteiger partial charge >= 0.3 is 6.09 Å². The zero-order valence-corrected chi connectivity index (χ0v) is 14.3. The predicted octanol–water partition coefficient (Wildman–Crippen LogP) is 3.41. The van der Waals surface area contributed by atoms with Crippen LogP contribution in [0.2, 0.25) is 0 Å². The smallest absolute Gasteiger partial charge is 0.410 e. The number of carbonyl (C=O) groups excluding carboxylic acids is 1. The van der Waals surface area contributed by atoms with Crippen LogP contribution in [0.3, 0.4) is 0 Å². The summed E-state index contributed by atoms with van der Waals surface area (Å²) in [6.45, 7) is 16.7. The molecule has 4 heteroatoms. The van der Waals surface area contributed by atoms with E-state index in [4.69, 9.17) is 4.74 Å². The molecule has 1 N–H and O–H groups in total. The Balaban J connectivity index is 2.45. The zero-order chi connectivity index (χ0) is 15.6. The molecule has 1 aliphatic rings. The number of rotatable bonds is 5. The average molecular weight is 284 g/mol. The molecule has 20 heavy (non-hydrogen) atoms. The molecule has 1 saturated carbocycles. The van der Waals surface area contributed by atoms with Crippen molar-refractivity contribution in [3.8, 4) is 0 Å². The SMILES string of the molecule is CC1(CNCCN(C(=O)OC(C)(C)C)C(C)(C)C)CC1. The molecule has 0 heterocycles. The second kappa shape index (κ2) is 5.92. The molecule has 1 amide bonds. The average Bonchev–Trinajstić information content (AvgIpc) is 2.91. The number of ether oxygens (including phenoxy) is 1. The van der Waals surface area contributed by atoms with Gasteiger partial charge in [-0.15, -0.1) is 0 Å². The molecule has 0 bridgehead atoms. The van der Waals surface area contributed by atoms with Gasteiger partial charge in [0.15, 0.2) is 0 Å². The predicted molar refractivity (Wildman–Crippen MR) is 82.9 cm³/mol. The van der Waals surface area contributed by atoms with E-state index in [0.717, 1.165) is 13.1 Å². The monoisotopic (exact) mass is 284 g/mol. The number of hydrogen-bond acceptors (Lipinski definition) is 3. The maximum Gasteiger partial charge on any atom is 0.410 e. The standard InChI is InChI=1S/C16H32N2O2/c1-14(2,3)18(13(19)20-15(4,5)6)11-10-17-12-16(7)8-9-16/h17H,8-12H2,1-7H3. The number of carbonyl (C=O) groups is 1.